The van der Waals surface area contributed by atoms with E-state index in [9.17, 15) is 14.7 Å². The van der Waals surface area contributed by atoms with Crippen molar-refractivity contribution in [1.29, 1.82) is 0 Å². The smallest absolute Gasteiger partial charge is 0.333 e. The van der Waals surface area contributed by atoms with Gasteiger partial charge >= 0.3 is 12.0 Å². The molecule has 0 bridgehead atoms. The summed E-state index contributed by atoms with van der Waals surface area (Å²) >= 11 is 0. The molecule has 0 aliphatic heterocycles. The number of hydrogen-bond donors (Lipinski definition) is 2. The van der Waals surface area contributed by atoms with Gasteiger partial charge in [-0.1, -0.05) is 52.0 Å². The van der Waals surface area contributed by atoms with Gasteiger partial charge < -0.3 is 24.8 Å². The van der Waals surface area contributed by atoms with Gasteiger partial charge in [-0.25, -0.2) is 9.59 Å². The zero-order valence-electron chi connectivity index (χ0n) is 21.6. The van der Waals surface area contributed by atoms with Crippen molar-refractivity contribution in [3.63, 3.8) is 0 Å². The summed E-state index contributed by atoms with van der Waals surface area (Å²) < 4.78 is 11.1. The summed E-state index contributed by atoms with van der Waals surface area (Å²) in [5, 5.41) is 12.2. The summed E-state index contributed by atoms with van der Waals surface area (Å²) in [6.07, 6.45) is 0.338. The molecule has 2 amide bonds. The van der Waals surface area contributed by atoms with E-state index in [-0.39, 0.29) is 6.03 Å². The Labute approximate surface area is 209 Å². The summed E-state index contributed by atoms with van der Waals surface area (Å²) in [7, 11) is 0. The Morgan fingerprint density at radius 1 is 0.971 bits per heavy atom. The van der Waals surface area contributed by atoms with E-state index in [2.05, 4.69) is 33.0 Å². The number of rotatable bonds is 14. The third-order valence-corrected chi connectivity index (χ3v) is 5.71. The van der Waals surface area contributed by atoms with Crippen molar-refractivity contribution in [2.24, 2.45) is 5.92 Å². The summed E-state index contributed by atoms with van der Waals surface area (Å²) in [6, 6.07) is 15.1. The lowest BCUT2D eigenvalue weighted by molar-refractivity contribution is -0.149. The molecule has 2 aromatic carbocycles. The average Bonchev–Trinajstić information content (AvgIpc) is 2.82. The van der Waals surface area contributed by atoms with Crippen molar-refractivity contribution < 1.29 is 24.2 Å². The molecule has 1 unspecified atom stereocenters. The third-order valence-electron chi connectivity index (χ3n) is 5.71. The molecule has 2 N–H and O–H groups in total. The number of anilines is 1. The highest BCUT2D eigenvalue weighted by atomic mass is 16.5. The second-order valence-electron chi connectivity index (χ2n) is 9.36. The van der Waals surface area contributed by atoms with E-state index < -0.39 is 12.1 Å². The van der Waals surface area contributed by atoms with Crippen LogP contribution < -0.4 is 10.1 Å². The maximum atomic E-state index is 12.9. The van der Waals surface area contributed by atoms with Crippen molar-refractivity contribution in [3.8, 4) is 5.75 Å². The minimum Gasteiger partial charge on any atom is -0.492 e. The molecule has 0 aromatic heterocycles. The van der Waals surface area contributed by atoms with Crippen molar-refractivity contribution in [3.05, 3.63) is 59.7 Å². The predicted molar refractivity (Wildman–Crippen MR) is 139 cm³/mol. The van der Waals surface area contributed by atoms with Gasteiger partial charge in [0.15, 0.2) is 6.10 Å². The minimum absolute atomic E-state index is 0.141. The average molecular weight is 485 g/mol. The summed E-state index contributed by atoms with van der Waals surface area (Å²) in [6.45, 7) is 12.1. The first kappa shape index (κ1) is 28.2. The summed E-state index contributed by atoms with van der Waals surface area (Å²) in [5.41, 5.74) is 2.87. The van der Waals surface area contributed by atoms with Crippen LogP contribution >= 0.6 is 0 Å². The molecule has 192 valence electrons. The van der Waals surface area contributed by atoms with Gasteiger partial charge in [-0.3, -0.25) is 0 Å². The number of carbonyl (C=O) groups is 2. The van der Waals surface area contributed by atoms with Crippen LogP contribution in [0.25, 0.3) is 0 Å². The monoisotopic (exact) mass is 484 g/mol. The molecular formula is C28H40N2O5. The van der Waals surface area contributed by atoms with Gasteiger partial charge in [-0.2, -0.15) is 0 Å². The molecule has 0 saturated carbocycles. The number of hydrogen-bond acceptors (Lipinski definition) is 4. The second-order valence-corrected chi connectivity index (χ2v) is 9.36. The first-order chi connectivity index (χ1) is 16.7. The number of carboxylic acids is 1. The Morgan fingerprint density at radius 2 is 1.63 bits per heavy atom. The lowest BCUT2D eigenvalue weighted by Crippen LogP contribution is -2.39. The van der Waals surface area contributed by atoms with Crippen molar-refractivity contribution in [2.45, 2.75) is 59.5 Å². The molecular weight excluding hydrogens is 444 g/mol. The normalized spacial score (nSPS) is 12.0. The molecule has 0 heterocycles. The summed E-state index contributed by atoms with van der Waals surface area (Å²) in [4.78, 5) is 26.0. The number of carbonyl (C=O) groups excluding carboxylic acids is 1. The fraction of sp³-hybridized carbons (Fsp3) is 0.500. The van der Waals surface area contributed by atoms with Gasteiger partial charge in [0.2, 0.25) is 0 Å². The fourth-order valence-electron chi connectivity index (χ4n) is 3.51. The van der Waals surface area contributed by atoms with Crippen LogP contribution in [0, 0.1) is 5.92 Å². The minimum atomic E-state index is -0.970. The number of nitrogens with zero attached hydrogens (tertiary/aromatic N) is 1. The molecule has 0 aliphatic rings. The predicted octanol–water partition coefficient (Wildman–Crippen LogP) is 5.80. The van der Waals surface area contributed by atoms with E-state index in [0.29, 0.717) is 50.3 Å². The number of ether oxygens (including phenoxy) is 2. The number of aliphatic carboxylic acids is 1. The first-order valence-corrected chi connectivity index (χ1v) is 12.4. The molecule has 2 aromatic rings. The Hall–Kier alpha value is -3.06. The molecule has 7 nitrogen and oxygen atoms in total. The van der Waals surface area contributed by atoms with Crippen LogP contribution in [-0.2, 0) is 16.0 Å². The topological polar surface area (TPSA) is 88.1 Å². The van der Waals surface area contributed by atoms with Gasteiger partial charge in [-0.05, 0) is 60.6 Å². The maximum absolute atomic E-state index is 12.9. The number of urea groups is 1. The quantitative estimate of drug-likeness (QED) is 0.354. The van der Waals surface area contributed by atoms with Gasteiger partial charge in [0.25, 0.3) is 0 Å². The largest absolute Gasteiger partial charge is 0.492 e. The molecule has 2 rings (SSSR count). The van der Waals surface area contributed by atoms with Crippen LogP contribution in [0.15, 0.2) is 48.5 Å². The fourth-order valence-corrected chi connectivity index (χ4v) is 3.51. The highest BCUT2D eigenvalue weighted by molar-refractivity contribution is 5.89. The lowest BCUT2D eigenvalue weighted by Gasteiger charge is -2.24. The first-order valence-electron chi connectivity index (χ1n) is 12.4. The van der Waals surface area contributed by atoms with Crippen LogP contribution in [0.4, 0.5) is 10.5 Å². The van der Waals surface area contributed by atoms with Crippen molar-refractivity contribution in [1.82, 2.24) is 4.90 Å². The van der Waals surface area contributed by atoms with Crippen LogP contribution in [0.3, 0.4) is 0 Å². The van der Waals surface area contributed by atoms with E-state index in [1.54, 1.807) is 11.8 Å². The molecule has 0 radical (unpaired) electrons. The van der Waals surface area contributed by atoms with Gasteiger partial charge in [0, 0.05) is 25.3 Å². The zero-order valence-corrected chi connectivity index (χ0v) is 21.6. The van der Waals surface area contributed by atoms with E-state index in [4.69, 9.17) is 9.47 Å². The SMILES string of the molecule is CCOC(Cc1ccc(OCCN(CCC(C)C)C(=O)Nc2ccc(C(C)C)cc2)cc1)C(=O)O. The van der Waals surface area contributed by atoms with Crippen LogP contribution in [-0.4, -0.2) is 54.4 Å². The second kappa shape index (κ2) is 14.4. The van der Waals surface area contributed by atoms with E-state index in [1.807, 2.05) is 48.5 Å². The zero-order chi connectivity index (χ0) is 25.8. The standard InChI is InChI=1S/C28H40N2O5/c1-6-34-26(27(31)32)19-22-7-13-25(14-8-22)35-18-17-30(16-15-20(2)3)28(33)29-24-11-9-23(10-12-24)21(4)5/h7-14,20-21,26H,6,15-19H2,1-5H3,(H,29,33)(H,31,32). The van der Waals surface area contributed by atoms with Crippen molar-refractivity contribution >= 4 is 17.7 Å². The number of benzene rings is 2. The molecule has 0 fully saturated rings. The molecule has 7 heteroatoms. The number of nitrogens with one attached hydrogen (secondary N) is 1. The van der Waals surface area contributed by atoms with E-state index >= 15 is 0 Å². The third kappa shape index (κ3) is 9.99. The summed E-state index contributed by atoms with van der Waals surface area (Å²) in [5.74, 6) is 0.625. The molecule has 0 saturated heterocycles. The van der Waals surface area contributed by atoms with E-state index in [1.165, 1.54) is 5.56 Å². The number of amides is 2. The number of carboxylic acid groups (broad SMARTS) is 1. The molecule has 0 aliphatic carbocycles. The Kier molecular flexibility index (Phi) is 11.6. The highest BCUT2D eigenvalue weighted by Crippen LogP contribution is 2.18. The molecule has 0 spiro atoms. The highest BCUT2D eigenvalue weighted by Gasteiger charge is 2.18. The van der Waals surface area contributed by atoms with E-state index in [0.717, 1.165) is 17.7 Å². The Balaban J connectivity index is 1.92. The van der Waals surface area contributed by atoms with Crippen LogP contribution in [0.2, 0.25) is 0 Å². The van der Waals surface area contributed by atoms with Crippen LogP contribution in [0.5, 0.6) is 5.75 Å². The van der Waals surface area contributed by atoms with Crippen LogP contribution in [0.1, 0.15) is 58.1 Å². The Morgan fingerprint density at radius 3 is 2.17 bits per heavy atom. The lowest BCUT2D eigenvalue weighted by atomic mass is 10.0. The van der Waals surface area contributed by atoms with Gasteiger partial charge in [-0.15, -0.1) is 0 Å². The molecule has 35 heavy (non-hydrogen) atoms. The van der Waals surface area contributed by atoms with Crippen molar-refractivity contribution in [2.75, 3.05) is 31.6 Å². The van der Waals surface area contributed by atoms with Gasteiger partial charge in [0.1, 0.15) is 12.4 Å². The molecule has 1 atom stereocenters. The Bertz CT molecular complexity index is 910. The van der Waals surface area contributed by atoms with Gasteiger partial charge in [0.05, 0.1) is 6.54 Å². The maximum Gasteiger partial charge on any atom is 0.333 e.